The molecule has 182 valence electrons. The second-order valence-corrected chi connectivity index (χ2v) is 10.5. The van der Waals surface area contributed by atoms with Crippen molar-refractivity contribution in [3.63, 3.8) is 0 Å². The summed E-state index contributed by atoms with van der Waals surface area (Å²) in [7, 11) is 0. The molecule has 1 amide bonds. The number of carbonyl (C=O) groups is 1. The van der Waals surface area contributed by atoms with Crippen LogP contribution < -0.4 is 10.2 Å². The second kappa shape index (κ2) is 9.58. The summed E-state index contributed by atoms with van der Waals surface area (Å²) in [6.45, 7) is 7.02. The van der Waals surface area contributed by atoms with Crippen molar-refractivity contribution in [2.45, 2.75) is 43.9 Å². The number of nitrogens with one attached hydrogen (secondary N) is 1. The van der Waals surface area contributed by atoms with Crippen LogP contribution in [0.5, 0.6) is 0 Å². The Balaban J connectivity index is 1.66. The molecular weight excluding hydrogens is 456 g/mol. The number of anilines is 2. The molecule has 0 bridgehead atoms. The molecule has 5 rings (SSSR count). The van der Waals surface area contributed by atoms with E-state index in [2.05, 4.69) is 96.9 Å². The van der Waals surface area contributed by atoms with Crippen LogP contribution in [0, 0.1) is 0 Å². The maximum absolute atomic E-state index is 12.6. The van der Waals surface area contributed by atoms with Crippen molar-refractivity contribution in [3.8, 4) is 0 Å². The maximum atomic E-state index is 12.6. The van der Waals surface area contributed by atoms with Gasteiger partial charge >= 0.3 is 6.09 Å². The number of hydrogen-bond donors (Lipinski definition) is 1. The first kappa shape index (κ1) is 23.7. The Morgan fingerprint density at radius 1 is 0.914 bits per heavy atom. The van der Waals surface area contributed by atoms with E-state index < -0.39 is 6.09 Å². The topological polar surface area (TPSA) is 41.6 Å². The summed E-state index contributed by atoms with van der Waals surface area (Å²) in [5.74, 6) is 0.469. The number of nitrogens with zero attached hydrogens (tertiary/aromatic N) is 1. The zero-order valence-electron chi connectivity index (χ0n) is 20.5. The Morgan fingerprint density at radius 3 is 1.91 bits per heavy atom. The molecule has 0 radical (unpaired) electrons. The van der Waals surface area contributed by atoms with Gasteiger partial charge in [0.1, 0.15) is 0 Å². The van der Waals surface area contributed by atoms with Gasteiger partial charge in [-0.15, -0.1) is 11.6 Å². The molecule has 4 nitrogen and oxygen atoms in total. The first-order valence-electron chi connectivity index (χ1n) is 12.5. The lowest BCUT2D eigenvalue weighted by molar-refractivity contribution is 0.162. The number of ether oxygens (including phenoxy) is 1. The molecule has 2 aliphatic rings. The van der Waals surface area contributed by atoms with Crippen molar-refractivity contribution in [2.75, 3.05) is 35.8 Å². The van der Waals surface area contributed by atoms with Crippen LogP contribution in [0.4, 0.5) is 16.2 Å². The number of carbonyl (C=O) groups excluding carboxylic acids is 1. The number of amides is 1. The smallest absolute Gasteiger partial charge is 0.411 e. The number of hydrogen-bond acceptors (Lipinski definition) is 3. The molecule has 0 saturated carbocycles. The fourth-order valence-electron chi connectivity index (χ4n) is 5.80. The Hall–Kier alpha value is -2.98. The number of halogens is 1. The van der Waals surface area contributed by atoms with Gasteiger partial charge in [-0.1, -0.05) is 74.5 Å². The minimum atomic E-state index is -0.437. The maximum Gasteiger partial charge on any atom is 0.411 e. The highest BCUT2D eigenvalue weighted by atomic mass is 35.5. The molecule has 5 heteroatoms. The lowest BCUT2D eigenvalue weighted by Crippen LogP contribution is -2.47. The summed E-state index contributed by atoms with van der Waals surface area (Å²) in [4.78, 5) is 15.2. The monoisotopic (exact) mass is 488 g/mol. The molecule has 2 heterocycles. The third-order valence-corrected chi connectivity index (χ3v) is 8.23. The van der Waals surface area contributed by atoms with Crippen molar-refractivity contribution < 1.29 is 9.53 Å². The molecule has 0 aromatic heterocycles. The molecule has 0 spiro atoms. The van der Waals surface area contributed by atoms with Gasteiger partial charge in [0.15, 0.2) is 0 Å². The fraction of sp³-hybridized carbons (Fsp3) is 0.367. The van der Waals surface area contributed by atoms with E-state index in [1.54, 1.807) is 0 Å². The van der Waals surface area contributed by atoms with Crippen molar-refractivity contribution in [1.29, 1.82) is 0 Å². The van der Waals surface area contributed by atoms with Gasteiger partial charge in [-0.2, -0.15) is 0 Å². The van der Waals surface area contributed by atoms with Gasteiger partial charge in [0.05, 0.1) is 6.61 Å². The second-order valence-electron chi connectivity index (χ2n) is 10.1. The predicted octanol–water partition coefficient (Wildman–Crippen LogP) is 7.09. The average molecular weight is 489 g/mol. The van der Waals surface area contributed by atoms with Crippen LogP contribution in [0.25, 0.3) is 0 Å². The first-order chi connectivity index (χ1) is 17.0. The largest absolute Gasteiger partial charge is 0.449 e. The van der Waals surface area contributed by atoms with Gasteiger partial charge in [-0.3, -0.25) is 5.32 Å². The Bertz CT molecular complexity index is 1120. The molecule has 2 aliphatic heterocycles. The van der Waals surface area contributed by atoms with Crippen LogP contribution in [-0.4, -0.2) is 31.7 Å². The van der Waals surface area contributed by atoms with Crippen molar-refractivity contribution in [2.24, 2.45) is 0 Å². The average Bonchev–Trinajstić information content (AvgIpc) is 2.89. The lowest BCUT2D eigenvalue weighted by atomic mass is 9.64. The van der Waals surface area contributed by atoms with Gasteiger partial charge in [0.2, 0.25) is 0 Å². The highest BCUT2D eigenvalue weighted by molar-refractivity contribution is 6.17. The zero-order valence-corrected chi connectivity index (χ0v) is 21.3. The van der Waals surface area contributed by atoms with E-state index >= 15 is 0 Å². The molecule has 1 N–H and O–H groups in total. The molecule has 0 fully saturated rings. The summed E-state index contributed by atoms with van der Waals surface area (Å²) in [6.07, 6.45) is 2.25. The highest BCUT2D eigenvalue weighted by Crippen LogP contribution is 2.54. The SMILES string of the molecule is C[C@@]1(c2ccccc2)CCN2CC[C@@](C)(c3ccccc3)c3cc(NC(=O)OCCCCl)cc1c32. The Kier molecular flexibility index (Phi) is 6.50. The Labute approximate surface area is 213 Å². The van der Waals surface area contributed by atoms with Crippen LogP contribution in [0.3, 0.4) is 0 Å². The molecular formula is C30H33ClN2O2. The van der Waals surface area contributed by atoms with Crippen molar-refractivity contribution in [3.05, 3.63) is 95.1 Å². The summed E-state index contributed by atoms with van der Waals surface area (Å²) in [6, 6.07) is 25.8. The number of alkyl halides is 1. The van der Waals surface area contributed by atoms with Crippen LogP contribution in [0.2, 0.25) is 0 Å². The summed E-state index contributed by atoms with van der Waals surface area (Å²) < 4.78 is 5.37. The predicted molar refractivity (Wildman–Crippen MR) is 144 cm³/mol. The summed E-state index contributed by atoms with van der Waals surface area (Å²) in [5.41, 5.74) is 6.93. The van der Waals surface area contributed by atoms with Crippen LogP contribution >= 0.6 is 11.6 Å². The molecule has 2 atom stereocenters. The van der Waals surface area contributed by atoms with E-state index in [-0.39, 0.29) is 10.8 Å². The highest BCUT2D eigenvalue weighted by Gasteiger charge is 2.45. The van der Waals surface area contributed by atoms with E-state index in [1.165, 1.54) is 27.9 Å². The van der Waals surface area contributed by atoms with Crippen LogP contribution in [-0.2, 0) is 15.6 Å². The Morgan fingerprint density at radius 2 is 1.43 bits per heavy atom. The molecule has 3 aromatic carbocycles. The molecule has 3 aromatic rings. The van der Waals surface area contributed by atoms with Gasteiger partial charge < -0.3 is 9.64 Å². The van der Waals surface area contributed by atoms with E-state index in [0.717, 1.165) is 31.6 Å². The van der Waals surface area contributed by atoms with Gasteiger partial charge in [0, 0.05) is 41.2 Å². The fourth-order valence-corrected chi connectivity index (χ4v) is 5.90. The van der Waals surface area contributed by atoms with E-state index in [4.69, 9.17) is 16.3 Å². The third-order valence-electron chi connectivity index (χ3n) is 7.96. The molecule has 0 aliphatic carbocycles. The van der Waals surface area contributed by atoms with Gasteiger partial charge in [0.25, 0.3) is 0 Å². The van der Waals surface area contributed by atoms with Crippen molar-refractivity contribution >= 4 is 29.1 Å². The zero-order chi connectivity index (χ0) is 24.5. The van der Waals surface area contributed by atoms with Crippen LogP contribution in [0.15, 0.2) is 72.8 Å². The minimum absolute atomic E-state index is 0.156. The molecule has 0 saturated heterocycles. The first-order valence-corrected chi connectivity index (χ1v) is 13.0. The lowest BCUT2D eigenvalue weighted by Gasteiger charge is -2.50. The molecule has 35 heavy (non-hydrogen) atoms. The normalized spacial score (nSPS) is 22.9. The van der Waals surface area contributed by atoms with Crippen molar-refractivity contribution in [1.82, 2.24) is 0 Å². The quantitative estimate of drug-likeness (QED) is 0.297. The number of rotatable bonds is 6. The summed E-state index contributed by atoms with van der Waals surface area (Å²) in [5, 5.41) is 3.02. The molecule has 0 unspecified atom stereocenters. The van der Waals surface area contributed by atoms with E-state index in [0.29, 0.717) is 18.9 Å². The standard InChI is InChI=1S/C30H33ClN2O2/c1-29(22-10-5-3-6-11-22)14-17-33-18-15-30(2,23-12-7-4-8-13-23)26-21-24(20-25(29)27(26)33)32-28(34)35-19-9-16-31/h3-8,10-13,20-21H,9,14-19H2,1-2H3,(H,32,34)/t29-,30-/m0/s1. The van der Waals surface area contributed by atoms with Crippen LogP contribution in [0.1, 0.15) is 55.4 Å². The number of benzene rings is 3. The third kappa shape index (κ3) is 4.29. The van der Waals surface area contributed by atoms with Gasteiger partial charge in [-0.25, -0.2) is 4.79 Å². The summed E-state index contributed by atoms with van der Waals surface area (Å²) >= 11 is 5.75. The van der Waals surface area contributed by atoms with E-state index in [1.807, 2.05) is 0 Å². The minimum Gasteiger partial charge on any atom is -0.449 e. The van der Waals surface area contributed by atoms with E-state index in [9.17, 15) is 4.79 Å². The van der Waals surface area contributed by atoms with Gasteiger partial charge in [-0.05, 0) is 53.6 Å².